The standard InChI is InChI=1S/C24H19Cl2FN2O2/c25-16-7-9-19(10-8-16)28-24(31)21-13-20(23(30)15-4-1-5-17(26)11-15)22(29-21)14-3-2-6-18(27)12-14/h1-12,20-22,29H,13H2,(H,28,31)/t20-,21-,22-/m0/s1. The van der Waals surface area contributed by atoms with Gasteiger partial charge in [0.25, 0.3) is 0 Å². The summed E-state index contributed by atoms with van der Waals surface area (Å²) in [5.74, 6) is -1.38. The lowest BCUT2D eigenvalue weighted by molar-refractivity contribution is -0.117. The van der Waals surface area contributed by atoms with Gasteiger partial charge < -0.3 is 5.32 Å². The van der Waals surface area contributed by atoms with E-state index in [1.807, 2.05) is 0 Å². The maximum Gasteiger partial charge on any atom is 0.241 e. The zero-order valence-corrected chi connectivity index (χ0v) is 17.8. The van der Waals surface area contributed by atoms with Crippen molar-refractivity contribution < 1.29 is 14.0 Å². The van der Waals surface area contributed by atoms with Crippen LogP contribution in [0.3, 0.4) is 0 Å². The van der Waals surface area contributed by atoms with Crippen molar-refractivity contribution in [2.45, 2.75) is 18.5 Å². The van der Waals surface area contributed by atoms with Gasteiger partial charge in [-0.05, 0) is 60.5 Å². The quantitative estimate of drug-likeness (QED) is 0.486. The first kappa shape index (κ1) is 21.5. The van der Waals surface area contributed by atoms with Gasteiger partial charge in [0.2, 0.25) is 5.91 Å². The van der Waals surface area contributed by atoms with E-state index in [0.29, 0.717) is 26.9 Å². The van der Waals surface area contributed by atoms with Crippen molar-refractivity contribution in [3.63, 3.8) is 0 Å². The van der Waals surface area contributed by atoms with Crippen LogP contribution in [0.5, 0.6) is 0 Å². The highest BCUT2D eigenvalue weighted by atomic mass is 35.5. The van der Waals surface area contributed by atoms with Crippen molar-refractivity contribution in [1.82, 2.24) is 5.32 Å². The molecule has 1 fully saturated rings. The fourth-order valence-electron chi connectivity index (χ4n) is 3.88. The highest BCUT2D eigenvalue weighted by Crippen LogP contribution is 2.36. The van der Waals surface area contributed by atoms with E-state index in [2.05, 4.69) is 10.6 Å². The Kier molecular flexibility index (Phi) is 6.37. The van der Waals surface area contributed by atoms with Crippen LogP contribution in [0.1, 0.15) is 28.4 Å². The van der Waals surface area contributed by atoms with Crippen LogP contribution in [-0.4, -0.2) is 17.7 Å². The number of hydrogen-bond acceptors (Lipinski definition) is 3. The fourth-order valence-corrected chi connectivity index (χ4v) is 4.20. The van der Waals surface area contributed by atoms with Gasteiger partial charge in [-0.1, -0.05) is 47.5 Å². The van der Waals surface area contributed by atoms with Gasteiger partial charge in [-0.2, -0.15) is 0 Å². The van der Waals surface area contributed by atoms with E-state index in [1.54, 1.807) is 60.7 Å². The number of amides is 1. The van der Waals surface area contributed by atoms with Gasteiger partial charge in [-0.3, -0.25) is 14.9 Å². The van der Waals surface area contributed by atoms with Crippen LogP contribution in [0.4, 0.5) is 10.1 Å². The lowest BCUT2D eigenvalue weighted by Crippen LogP contribution is -2.36. The number of hydrogen-bond donors (Lipinski definition) is 2. The molecule has 3 aromatic carbocycles. The first-order valence-electron chi connectivity index (χ1n) is 9.78. The molecule has 0 radical (unpaired) electrons. The normalized spacial score (nSPS) is 20.4. The number of anilines is 1. The van der Waals surface area contributed by atoms with Crippen molar-refractivity contribution in [1.29, 1.82) is 0 Å². The SMILES string of the molecule is O=C(Nc1ccc(Cl)cc1)[C@@H]1C[C@H](C(=O)c2cccc(Cl)c2)[C@H](c2cccc(F)c2)N1. The topological polar surface area (TPSA) is 58.2 Å². The molecule has 0 bridgehead atoms. The summed E-state index contributed by atoms with van der Waals surface area (Å²) in [6.07, 6.45) is 0.270. The largest absolute Gasteiger partial charge is 0.325 e. The molecule has 7 heteroatoms. The highest BCUT2D eigenvalue weighted by molar-refractivity contribution is 6.31. The second-order valence-corrected chi connectivity index (χ2v) is 8.34. The number of Topliss-reactive ketones (excluding diaryl/α,β-unsaturated/α-hetero) is 1. The van der Waals surface area contributed by atoms with E-state index in [0.717, 1.165) is 0 Å². The van der Waals surface area contributed by atoms with Gasteiger partial charge in [0.1, 0.15) is 5.82 Å². The Morgan fingerprint density at radius 3 is 2.39 bits per heavy atom. The fraction of sp³-hybridized carbons (Fsp3) is 0.167. The molecule has 0 aliphatic carbocycles. The number of rotatable bonds is 5. The summed E-state index contributed by atoms with van der Waals surface area (Å²) in [5, 5.41) is 7.08. The third-order valence-electron chi connectivity index (χ3n) is 5.35. The molecule has 1 saturated heterocycles. The molecule has 0 spiro atoms. The van der Waals surface area contributed by atoms with Crippen LogP contribution in [-0.2, 0) is 4.79 Å². The Bertz CT molecular complexity index is 1120. The van der Waals surface area contributed by atoms with Gasteiger partial charge >= 0.3 is 0 Å². The lowest BCUT2D eigenvalue weighted by atomic mass is 9.86. The minimum atomic E-state index is -0.628. The summed E-state index contributed by atoms with van der Waals surface area (Å²) in [6.45, 7) is 0. The minimum absolute atomic E-state index is 0.147. The molecule has 3 atom stereocenters. The molecule has 1 amide bonds. The van der Waals surface area contributed by atoms with Crippen LogP contribution < -0.4 is 10.6 Å². The number of halogens is 3. The smallest absolute Gasteiger partial charge is 0.241 e. The summed E-state index contributed by atoms with van der Waals surface area (Å²) < 4.78 is 13.9. The maximum atomic E-state index is 13.9. The summed E-state index contributed by atoms with van der Waals surface area (Å²) >= 11 is 12.0. The van der Waals surface area contributed by atoms with Gasteiger partial charge in [-0.25, -0.2) is 4.39 Å². The molecule has 1 aliphatic rings. The van der Waals surface area contributed by atoms with E-state index in [-0.39, 0.29) is 18.1 Å². The molecule has 0 unspecified atom stereocenters. The Labute approximate surface area is 189 Å². The van der Waals surface area contributed by atoms with E-state index in [9.17, 15) is 14.0 Å². The molecule has 158 valence electrons. The summed E-state index contributed by atoms with van der Waals surface area (Å²) in [4.78, 5) is 26.2. The predicted molar refractivity (Wildman–Crippen MR) is 120 cm³/mol. The predicted octanol–water partition coefficient (Wildman–Crippen LogP) is 5.67. The van der Waals surface area contributed by atoms with Crippen molar-refractivity contribution in [3.05, 3.63) is 99.8 Å². The number of carbonyl (C=O) groups is 2. The van der Waals surface area contributed by atoms with Gasteiger partial charge in [0, 0.05) is 33.3 Å². The average molecular weight is 457 g/mol. The van der Waals surface area contributed by atoms with Crippen LogP contribution >= 0.6 is 23.2 Å². The number of ketones is 1. The third kappa shape index (κ3) is 4.96. The molecule has 31 heavy (non-hydrogen) atoms. The molecule has 3 aromatic rings. The summed E-state index contributed by atoms with van der Waals surface area (Å²) in [6, 6.07) is 18.4. The Balaban J connectivity index is 1.60. The monoisotopic (exact) mass is 456 g/mol. The molecule has 0 aromatic heterocycles. The van der Waals surface area contributed by atoms with Crippen molar-refractivity contribution in [2.75, 3.05) is 5.32 Å². The Morgan fingerprint density at radius 1 is 0.935 bits per heavy atom. The second-order valence-electron chi connectivity index (χ2n) is 7.46. The van der Waals surface area contributed by atoms with Gasteiger partial charge in [0.05, 0.1) is 6.04 Å². The molecule has 2 N–H and O–H groups in total. The number of carbonyl (C=O) groups excluding carboxylic acids is 2. The van der Waals surface area contributed by atoms with E-state index < -0.39 is 23.8 Å². The van der Waals surface area contributed by atoms with Crippen LogP contribution in [0.25, 0.3) is 0 Å². The number of benzene rings is 3. The van der Waals surface area contributed by atoms with Crippen molar-refractivity contribution >= 4 is 40.6 Å². The average Bonchev–Trinajstić information content (AvgIpc) is 3.20. The Morgan fingerprint density at radius 2 is 1.68 bits per heavy atom. The first-order chi connectivity index (χ1) is 14.9. The third-order valence-corrected chi connectivity index (χ3v) is 5.84. The molecule has 1 heterocycles. The second kappa shape index (κ2) is 9.18. The highest BCUT2D eigenvalue weighted by Gasteiger charge is 2.42. The molecule has 4 nitrogen and oxygen atoms in total. The Hall–Kier alpha value is -2.73. The van der Waals surface area contributed by atoms with Crippen LogP contribution in [0, 0.1) is 11.7 Å². The molecular weight excluding hydrogens is 438 g/mol. The zero-order valence-electron chi connectivity index (χ0n) is 16.3. The van der Waals surface area contributed by atoms with Gasteiger partial charge in [0.15, 0.2) is 5.78 Å². The van der Waals surface area contributed by atoms with Crippen LogP contribution in [0.2, 0.25) is 10.0 Å². The van der Waals surface area contributed by atoms with E-state index >= 15 is 0 Å². The maximum absolute atomic E-state index is 13.9. The molecule has 4 rings (SSSR count). The summed E-state index contributed by atoms with van der Waals surface area (Å²) in [7, 11) is 0. The van der Waals surface area contributed by atoms with Crippen molar-refractivity contribution in [3.8, 4) is 0 Å². The van der Waals surface area contributed by atoms with Gasteiger partial charge in [-0.15, -0.1) is 0 Å². The first-order valence-corrected chi connectivity index (χ1v) is 10.5. The molecular formula is C24H19Cl2FN2O2. The zero-order chi connectivity index (χ0) is 22.0. The minimum Gasteiger partial charge on any atom is -0.325 e. The number of nitrogens with one attached hydrogen (secondary N) is 2. The molecule has 0 saturated carbocycles. The molecule has 1 aliphatic heterocycles. The summed E-state index contributed by atoms with van der Waals surface area (Å²) in [5.41, 5.74) is 1.67. The van der Waals surface area contributed by atoms with E-state index in [4.69, 9.17) is 23.2 Å². The van der Waals surface area contributed by atoms with Crippen molar-refractivity contribution in [2.24, 2.45) is 5.92 Å². The van der Waals surface area contributed by atoms with E-state index in [1.165, 1.54) is 12.1 Å². The van der Waals surface area contributed by atoms with Crippen LogP contribution in [0.15, 0.2) is 72.8 Å². The lowest BCUT2D eigenvalue weighted by Gasteiger charge is -2.19.